The number of phenolic OH excluding ortho intramolecular Hbond substituents is 1. The summed E-state index contributed by atoms with van der Waals surface area (Å²) in [6.07, 6.45) is 4.05. The number of likely N-dealkylation sites (tertiary alicyclic amines) is 1. The molecule has 2 heterocycles. The third kappa shape index (κ3) is 3.69. The minimum Gasteiger partial charge on any atom is -0.508 e. The summed E-state index contributed by atoms with van der Waals surface area (Å²) in [5.41, 5.74) is 1.14. The van der Waals surface area contributed by atoms with E-state index in [4.69, 9.17) is 0 Å². The molecule has 0 aromatic heterocycles. The maximum Gasteiger partial charge on any atom is 0.117 e. The fourth-order valence-electron chi connectivity index (χ4n) is 3.59. The Bertz CT molecular complexity index is 457. The first-order chi connectivity index (χ1) is 10.2. The Balaban J connectivity index is 1.44. The minimum atomic E-state index is 0.360. The second-order valence-corrected chi connectivity index (χ2v) is 6.41. The van der Waals surface area contributed by atoms with Gasteiger partial charge in [-0.25, -0.2) is 0 Å². The van der Waals surface area contributed by atoms with Crippen LogP contribution in [-0.4, -0.2) is 67.3 Å². The number of aromatic hydroxyl groups is 1. The maximum absolute atomic E-state index is 9.58. The number of hydrogen-bond donors (Lipinski definition) is 1. The fourth-order valence-corrected chi connectivity index (χ4v) is 3.59. The molecule has 0 saturated carbocycles. The molecule has 2 saturated heterocycles. The summed E-state index contributed by atoms with van der Waals surface area (Å²) in [6.45, 7) is 6.88. The van der Waals surface area contributed by atoms with Crippen molar-refractivity contribution >= 4 is 5.69 Å². The summed E-state index contributed by atoms with van der Waals surface area (Å²) < 4.78 is 0. The van der Waals surface area contributed by atoms with Crippen molar-refractivity contribution in [2.75, 3.05) is 51.2 Å². The van der Waals surface area contributed by atoms with Crippen molar-refractivity contribution in [1.29, 1.82) is 0 Å². The van der Waals surface area contributed by atoms with Gasteiger partial charge in [-0.15, -0.1) is 0 Å². The lowest BCUT2D eigenvalue weighted by atomic mass is 10.1. The molecule has 0 spiro atoms. The third-order valence-electron chi connectivity index (χ3n) is 5.02. The van der Waals surface area contributed by atoms with Gasteiger partial charge in [0.25, 0.3) is 0 Å². The molecule has 1 atom stereocenters. The van der Waals surface area contributed by atoms with Gasteiger partial charge in [0.15, 0.2) is 0 Å². The van der Waals surface area contributed by atoms with E-state index in [-0.39, 0.29) is 0 Å². The Morgan fingerprint density at radius 2 is 1.95 bits per heavy atom. The van der Waals surface area contributed by atoms with Crippen molar-refractivity contribution < 1.29 is 5.11 Å². The Morgan fingerprint density at radius 3 is 2.62 bits per heavy atom. The number of hydrogen-bond acceptors (Lipinski definition) is 4. The van der Waals surface area contributed by atoms with E-state index in [0.717, 1.165) is 37.9 Å². The Hall–Kier alpha value is -1.26. The predicted octanol–water partition coefficient (Wildman–Crippen LogP) is 2.00. The summed E-state index contributed by atoms with van der Waals surface area (Å²) in [7, 11) is 2.26. The van der Waals surface area contributed by atoms with Crippen LogP contribution in [0.15, 0.2) is 24.3 Å². The molecule has 2 fully saturated rings. The van der Waals surface area contributed by atoms with Crippen molar-refractivity contribution in [3.05, 3.63) is 24.3 Å². The van der Waals surface area contributed by atoms with E-state index in [2.05, 4.69) is 27.8 Å². The standard InChI is InChI=1S/C17H27N3O/c1-18-8-3-5-15(18)7-9-19-10-12-20(13-11-19)16-4-2-6-17(21)14-16/h2,4,6,14-15,21H,3,5,7-13H2,1H3/t15-/m1/s1. The zero-order valence-corrected chi connectivity index (χ0v) is 13.0. The highest BCUT2D eigenvalue weighted by Crippen LogP contribution is 2.22. The second-order valence-electron chi connectivity index (χ2n) is 6.41. The molecule has 0 bridgehead atoms. The van der Waals surface area contributed by atoms with Gasteiger partial charge in [-0.05, 0) is 51.5 Å². The quantitative estimate of drug-likeness (QED) is 0.918. The molecular formula is C17H27N3O. The SMILES string of the molecule is CN1CCC[C@@H]1CCN1CCN(c2cccc(O)c2)CC1. The summed E-state index contributed by atoms with van der Waals surface area (Å²) >= 11 is 0. The van der Waals surface area contributed by atoms with Gasteiger partial charge >= 0.3 is 0 Å². The number of anilines is 1. The van der Waals surface area contributed by atoms with E-state index in [1.165, 1.54) is 32.4 Å². The van der Waals surface area contributed by atoms with E-state index >= 15 is 0 Å². The number of benzene rings is 1. The summed E-state index contributed by atoms with van der Waals surface area (Å²) in [5.74, 6) is 0.360. The smallest absolute Gasteiger partial charge is 0.117 e. The molecule has 0 aliphatic carbocycles. The van der Waals surface area contributed by atoms with E-state index in [9.17, 15) is 5.11 Å². The van der Waals surface area contributed by atoms with Gasteiger partial charge in [0.1, 0.15) is 5.75 Å². The van der Waals surface area contributed by atoms with Crippen molar-refractivity contribution in [1.82, 2.24) is 9.80 Å². The van der Waals surface area contributed by atoms with Crippen LogP contribution in [-0.2, 0) is 0 Å². The van der Waals surface area contributed by atoms with Crippen LogP contribution in [0.3, 0.4) is 0 Å². The molecule has 21 heavy (non-hydrogen) atoms. The van der Waals surface area contributed by atoms with Crippen molar-refractivity contribution in [3.63, 3.8) is 0 Å². The molecule has 0 unspecified atom stereocenters. The van der Waals surface area contributed by atoms with Crippen LogP contribution < -0.4 is 4.90 Å². The molecule has 3 rings (SSSR count). The fraction of sp³-hybridized carbons (Fsp3) is 0.647. The second kappa shape index (κ2) is 6.67. The Kier molecular flexibility index (Phi) is 4.66. The first-order valence-electron chi connectivity index (χ1n) is 8.19. The topological polar surface area (TPSA) is 30.0 Å². The van der Waals surface area contributed by atoms with Crippen LogP contribution in [0, 0.1) is 0 Å². The van der Waals surface area contributed by atoms with Crippen LogP contribution in [0.1, 0.15) is 19.3 Å². The summed E-state index contributed by atoms with van der Waals surface area (Å²) in [6, 6.07) is 8.41. The number of piperazine rings is 1. The van der Waals surface area contributed by atoms with Gasteiger partial charge < -0.3 is 14.9 Å². The van der Waals surface area contributed by atoms with Crippen LogP contribution in [0.25, 0.3) is 0 Å². The van der Waals surface area contributed by atoms with Gasteiger partial charge in [-0.2, -0.15) is 0 Å². The summed E-state index contributed by atoms with van der Waals surface area (Å²) in [4.78, 5) is 7.48. The highest BCUT2D eigenvalue weighted by molar-refractivity contribution is 5.50. The molecule has 1 aromatic carbocycles. The molecule has 1 aromatic rings. The van der Waals surface area contributed by atoms with Gasteiger partial charge in [0.2, 0.25) is 0 Å². The molecule has 0 radical (unpaired) electrons. The first kappa shape index (κ1) is 14.7. The van der Waals surface area contributed by atoms with Crippen LogP contribution in [0.2, 0.25) is 0 Å². The average molecular weight is 289 g/mol. The van der Waals surface area contributed by atoms with Gasteiger partial charge in [0, 0.05) is 44.0 Å². The van der Waals surface area contributed by atoms with E-state index in [0.29, 0.717) is 5.75 Å². The van der Waals surface area contributed by atoms with E-state index in [1.54, 1.807) is 6.07 Å². The molecule has 1 N–H and O–H groups in total. The Morgan fingerprint density at radius 1 is 1.14 bits per heavy atom. The van der Waals surface area contributed by atoms with Crippen LogP contribution in [0.5, 0.6) is 5.75 Å². The van der Waals surface area contributed by atoms with Crippen molar-refractivity contribution in [2.45, 2.75) is 25.3 Å². The monoisotopic (exact) mass is 289 g/mol. The number of phenols is 1. The lowest BCUT2D eigenvalue weighted by Crippen LogP contribution is -2.47. The van der Waals surface area contributed by atoms with Gasteiger partial charge in [-0.1, -0.05) is 6.07 Å². The number of nitrogens with zero attached hydrogens (tertiary/aromatic N) is 3. The van der Waals surface area contributed by atoms with E-state index < -0.39 is 0 Å². The zero-order chi connectivity index (χ0) is 14.7. The van der Waals surface area contributed by atoms with Gasteiger partial charge in [-0.3, -0.25) is 4.90 Å². The minimum absolute atomic E-state index is 0.360. The molecule has 2 aliphatic rings. The largest absolute Gasteiger partial charge is 0.508 e. The molecular weight excluding hydrogens is 262 g/mol. The molecule has 0 amide bonds. The lowest BCUT2D eigenvalue weighted by molar-refractivity contribution is 0.215. The molecule has 4 nitrogen and oxygen atoms in total. The zero-order valence-electron chi connectivity index (χ0n) is 13.0. The van der Waals surface area contributed by atoms with Crippen LogP contribution in [0.4, 0.5) is 5.69 Å². The Labute approximate surface area is 128 Å². The lowest BCUT2D eigenvalue weighted by Gasteiger charge is -2.36. The highest BCUT2D eigenvalue weighted by Gasteiger charge is 2.23. The van der Waals surface area contributed by atoms with Crippen molar-refractivity contribution in [3.8, 4) is 5.75 Å². The molecule has 4 heteroatoms. The molecule has 2 aliphatic heterocycles. The van der Waals surface area contributed by atoms with Crippen LogP contribution >= 0.6 is 0 Å². The average Bonchev–Trinajstić information content (AvgIpc) is 2.91. The summed E-state index contributed by atoms with van der Waals surface area (Å²) in [5, 5.41) is 9.58. The van der Waals surface area contributed by atoms with E-state index in [1.807, 2.05) is 12.1 Å². The number of rotatable bonds is 4. The molecule has 116 valence electrons. The normalized spacial score (nSPS) is 24.6. The van der Waals surface area contributed by atoms with Crippen molar-refractivity contribution in [2.24, 2.45) is 0 Å². The highest BCUT2D eigenvalue weighted by atomic mass is 16.3. The van der Waals surface area contributed by atoms with Gasteiger partial charge in [0.05, 0.1) is 0 Å². The maximum atomic E-state index is 9.58. The first-order valence-corrected chi connectivity index (χ1v) is 8.19. The predicted molar refractivity (Wildman–Crippen MR) is 87.0 cm³/mol. The third-order valence-corrected chi connectivity index (χ3v) is 5.02.